The topological polar surface area (TPSA) is 45.3 Å². The highest BCUT2D eigenvalue weighted by molar-refractivity contribution is 7.80. The predicted molar refractivity (Wildman–Crippen MR) is 70.4 cm³/mol. The molecule has 1 rings (SSSR count). The molecule has 0 amide bonds. The SMILES string of the molecule is COCCNC(=S)NNc1cccc(C)c1. The molecule has 0 aromatic heterocycles. The molecule has 0 aliphatic rings. The van der Waals surface area contributed by atoms with Crippen molar-refractivity contribution in [2.24, 2.45) is 0 Å². The van der Waals surface area contributed by atoms with Crippen LogP contribution in [-0.2, 0) is 4.74 Å². The van der Waals surface area contributed by atoms with Crippen LogP contribution in [0.25, 0.3) is 0 Å². The molecule has 0 unspecified atom stereocenters. The summed E-state index contributed by atoms with van der Waals surface area (Å²) >= 11 is 5.06. The fourth-order valence-electron chi connectivity index (χ4n) is 1.16. The van der Waals surface area contributed by atoms with Crippen molar-refractivity contribution in [1.82, 2.24) is 10.7 Å². The highest BCUT2D eigenvalue weighted by atomic mass is 32.1. The van der Waals surface area contributed by atoms with Crippen LogP contribution in [0.15, 0.2) is 24.3 Å². The summed E-state index contributed by atoms with van der Waals surface area (Å²) in [5, 5.41) is 3.56. The molecule has 0 saturated heterocycles. The van der Waals surface area contributed by atoms with Gasteiger partial charge >= 0.3 is 0 Å². The van der Waals surface area contributed by atoms with Crippen molar-refractivity contribution < 1.29 is 4.74 Å². The molecule has 0 bridgehead atoms. The maximum atomic E-state index is 5.06. The molecule has 0 aliphatic carbocycles. The van der Waals surface area contributed by atoms with Crippen molar-refractivity contribution in [2.75, 3.05) is 25.7 Å². The second kappa shape index (κ2) is 7.03. The Labute approximate surface area is 101 Å². The van der Waals surface area contributed by atoms with Gasteiger partial charge in [0.1, 0.15) is 0 Å². The Morgan fingerprint density at radius 1 is 1.44 bits per heavy atom. The van der Waals surface area contributed by atoms with Crippen molar-refractivity contribution in [3.8, 4) is 0 Å². The molecule has 0 radical (unpaired) electrons. The number of thiocarbonyl (C=S) groups is 1. The third-order valence-electron chi connectivity index (χ3n) is 1.93. The quantitative estimate of drug-likeness (QED) is 0.412. The number of hydrogen-bond donors (Lipinski definition) is 3. The van der Waals surface area contributed by atoms with Gasteiger partial charge in [-0.1, -0.05) is 12.1 Å². The molecule has 16 heavy (non-hydrogen) atoms. The highest BCUT2D eigenvalue weighted by Gasteiger charge is 1.94. The van der Waals surface area contributed by atoms with Gasteiger partial charge in [-0.25, -0.2) is 0 Å². The van der Waals surface area contributed by atoms with E-state index in [-0.39, 0.29) is 0 Å². The lowest BCUT2D eigenvalue weighted by Crippen LogP contribution is -2.40. The van der Waals surface area contributed by atoms with Crippen LogP contribution in [0.1, 0.15) is 5.56 Å². The summed E-state index contributed by atoms with van der Waals surface area (Å²) < 4.78 is 4.90. The Bertz CT molecular complexity index is 344. The first-order valence-electron chi connectivity index (χ1n) is 5.08. The van der Waals surface area contributed by atoms with E-state index >= 15 is 0 Å². The summed E-state index contributed by atoms with van der Waals surface area (Å²) in [6.07, 6.45) is 0. The number of rotatable bonds is 5. The van der Waals surface area contributed by atoms with Gasteiger partial charge in [0.05, 0.1) is 12.3 Å². The lowest BCUT2D eigenvalue weighted by molar-refractivity contribution is 0.204. The summed E-state index contributed by atoms with van der Waals surface area (Å²) in [6, 6.07) is 8.03. The largest absolute Gasteiger partial charge is 0.383 e. The van der Waals surface area contributed by atoms with Crippen molar-refractivity contribution in [3.63, 3.8) is 0 Å². The van der Waals surface area contributed by atoms with Crippen molar-refractivity contribution in [3.05, 3.63) is 29.8 Å². The molecular weight excluding hydrogens is 222 g/mol. The zero-order valence-corrected chi connectivity index (χ0v) is 10.4. The number of aryl methyl sites for hydroxylation is 1. The molecule has 4 nitrogen and oxygen atoms in total. The normalized spacial score (nSPS) is 9.62. The lowest BCUT2D eigenvalue weighted by Gasteiger charge is -2.12. The molecule has 0 saturated carbocycles. The van der Waals surface area contributed by atoms with Gasteiger partial charge in [0.25, 0.3) is 0 Å². The van der Waals surface area contributed by atoms with Crippen molar-refractivity contribution in [2.45, 2.75) is 6.92 Å². The average molecular weight is 239 g/mol. The van der Waals surface area contributed by atoms with Crippen LogP contribution < -0.4 is 16.2 Å². The van der Waals surface area contributed by atoms with Gasteiger partial charge in [0, 0.05) is 13.7 Å². The molecule has 0 aliphatic heterocycles. The second-order valence-electron chi connectivity index (χ2n) is 3.37. The van der Waals surface area contributed by atoms with E-state index in [9.17, 15) is 0 Å². The van der Waals surface area contributed by atoms with Gasteiger partial charge in [-0.3, -0.25) is 10.9 Å². The minimum atomic E-state index is 0.554. The summed E-state index contributed by atoms with van der Waals surface area (Å²) in [5.74, 6) is 0. The molecular formula is C11H17N3OS. The van der Waals surface area contributed by atoms with Crippen LogP contribution in [-0.4, -0.2) is 25.4 Å². The van der Waals surface area contributed by atoms with E-state index in [1.165, 1.54) is 5.56 Å². The summed E-state index contributed by atoms with van der Waals surface area (Å²) in [5.41, 5.74) is 8.10. The molecule has 88 valence electrons. The Morgan fingerprint density at radius 2 is 2.25 bits per heavy atom. The molecule has 1 aromatic rings. The number of anilines is 1. The monoisotopic (exact) mass is 239 g/mol. The molecule has 0 fully saturated rings. The molecule has 0 heterocycles. The molecule has 5 heteroatoms. The maximum absolute atomic E-state index is 5.06. The van der Waals surface area contributed by atoms with E-state index in [4.69, 9.17) is 17.0 Å². The molecule has 3 N–H and O–H groups in total. The Morgan fingerprint density at radius 3 is 2.94 bits per heavy atom. The van der Waals surface area contributed by atoms with Crippen LogP contribution in [0, 0.1) is 6.92 Å². The minimum Gasteiger partial charge on any atom is -0.383 e. The first-order chi connectivity index (χ1) is 7.72. The van der Waals surface area contributed by atoms with E-state index in [1.54, 1.807) is 7.11 Å². The van der Waals surface area contributed by atoms with Crippen LogP contribution >= 0.6 is 12.2 Å². The van der Waals surface area contributed by atoms with E-state index in [2.05, 4.69) is 16.2 Å². The number of ether oxygens (including phenoxy) is 1. The first-order valence-corrected chi connectivity index (χ1v) is 5.48. The molecule has 0 spiro atoms. The van der Waals surface area contributed by atoms with Gasteiger partial charge in [-0.05, 0) is 36.8 Å². The Kier molecular flexibility index (Phi) is 5.60. The summed E-state index contributed by atoms with van der Waals surface area (Å²) in [4.78, 5) is 0. The zero-order chi connectivity index (χ0) is 11.8. The third-order valence-corrected chi connectivity index (χ3v) is 2.18. The Balaban J connectivity index is 2.26. The predicted octanol–water partition coefficient (Wildman–Crippen LogP) is 1.43. The summed E-state index contributed by atoms with van der Waals surface area (Å²) in [7, 11) is 1.66. The Hall–Kier alpha value is -1.33. The van der Waals surface area contributed by atoms with Crippen LogP contribution in [0.4, 0.5) is 5.69 Å². The van der Waals surface area contributed by atoms with E-state index < -0.39 is 0 Å². The second-order valence-corrected chi connectivity index (χ2v) is 3.78. The van der Waals surface area contributed by atoms with Crippen LogP contribution in [0.2, 0.25) is 0 Å². The van der Waals surface area contributed by atoms with Crippen LogP contribution in [0.3, 0.4) is 0 Å². The standard InChI is InChI=1S/C11H17N3OS/c1-9-4-3-5-10(8-9)13-14-11(16)12-6-7-15-2/h3-5,8,13H,6-7H2,1-2H3,(H2,12,14,16). The van der Waals surface area contributed by atoms with Gasteiger partial charge in [-0.15, -0.1) is 0 Å². The highest BCUT2D eigenvalue weighted by Crippen LogP contribution is 2.07. The number of hydrogen-bond acceptors (Lipinski definition) is 3. The summed E-state index contributed by atoms with van der Waals surface area (Å²) in [6.45, 7) is 3.37. The van der Waals surface area contributed by atoms with Crippen molar-refractivity contribution in [1.29, 1.82) is 0 Å². The van der Waals surface area contributed by atoms with E-state index in [0.717, 1.165) is 5.69 Å². The van der Waals surface area contributed by atoms with Crippen molar-refractivity contribution >= 4 is 23.0 Å². The van der Waals surface area contributed by atoms with Gasteiger partial charge in [0.15, 0.2) is 5.11 Å². The first kappa shape index (κ1) is 12.7. The number of nitrogens with one attached hydrogen (secondary N) is 3. The molecule has 1 aromatic carbocycles. The smallest absolute Gasteiger partial charge is 0.185 e. The van der Waals surface area contributed by atoms with E-state index in [0.29, 0.717) is 18.3 Å². The van der Waals surface area contributed by atoms with Crippen LogP contribution in [0.5, 0.6) is 0 Å². The number of hydrazine groups is 1. The van der Waals surface area contributed by atoms with E-state index in [1.807, 2.05) is 31.2 Å². The lowest BCUT2D eigenvalue weighted by atomic mass is 10.2. The molecule has 0 atom stereocenters. The fraction of sp³-hybridized carbons (Fsp3) is 0.364. The maximum Gasteiger partial charge on any atom is 0.185 e. The van der Waals surface area contributed by atoms with Gasteiger partial charge in [-0.2, -0.15) is 0 Å². The average Bonchev–Trinajstić information content (AvgIpc) is 2.27. The minimum absolute atomic E-state index is 0.554. The number of benzene rings is 1. The fourth-order valence-corrected chi connectivity index (χ4v) is 1.32. The van der Waals surface area contributed by atoms with Gasteiger partial charge < -0.3 is 10.1 Å². The third kappa shape index (κ3) is 4.95. The zero-order valence-electron chi connectivity index (χ0n) is 9.54. The number of methoxy groups -OCH3 is 1. The van der Waals surface area contributed by atoms with Gasteiger partial charge in [0.2, 0.25) is 0 Å².